The Hall–Kier alpha value is -1.67. The lowest BCUT2D eigenvalue weighted by Gasteiger charge is -2.06. The standard InChI is InChI=1S/C11H13ClN2O5S/c1-20(18,19)6-2-3-11(15)13-9-5-4-8(12)7-10(9)14(16)17/h4-5,7H,2-3,6H2,1H3,(H,13,15). The maximum absolute atomic E-state index is 11.6. The molecule has 20 heavy (non-hydrogen) atoms. The number of hydrogen-bond acceptors (Lipinski definition) is 5. The van der Waals surface area contributed by atoms with E-state index in [-0.39, 0.29) is 35.0 Å². The Morgan fingerprint density at radius 2 is 2.10 bits per heavy atom. The molecule has 0 spiro atoms. The van der Waals surface area contributed by atoms with Gasteiger partial charge in [0.15, 0.2) is 0 Å². The van der Waals surface area contributed by atoms with Crippen molar-refractivity contribution < 1.29 is 18.1 Å². The van der Waals surface area contributed by atoms with Crippen LogP contribution < -0.4 is 5.32 Å². The van der Waals surface area contributed by atoms with Crippen LogP contribution in [0.5, 0.6) is 0 Å². The first-order valence-corrected chi connectivity index (χ1v) is 8.04. The second-order valence-electron chi connectivity index (χ2n) is 4.20. The van der Waals surface area contributed by atoms with Crippen LogP contribution in [0.3, 0.4) is 0 Å². The van der Waals surface area contributed by atoms with Gasteiger partial charge in [0.1, 0.15) is 15.5 Å². The van der Waals surface area contributed by atoms with Crippen LogP contribution in [-0.4, -0.2) is 31.3 Å². The molecule has 9 heteroatoms. The summed E-state index contributed by atoms with van der Waals surface area (Å²) in [5.74, 6) is -0.595. The summed E-state index contributed by atoms with van der Waals surface area (Å²) in [6.07, 6.45) is 1.20. The average Bonchev–Trinajstić information content (AvgIpc) is 2.29. The first-order chi connectivity index (χ1) is 9.19. The Morgan fingerprint density at radius 3 is 2.65 bits per heavy atom. The van der Waals surface area contributed by atoms with Crippen LogP contribution in [0.1, 0.15) is 12.8 Å². The average molecular weight is 321 g/mol. The largest absolute Gasteiger partial charge is 0.320 e. The highest BCUT2D eigenvalue weighted by Gasteiger charge is 2.16. The fourth-order valence-electron chi connectivity index (χ4n) is 1.47. The molecule has 0 atom stereocenters. The van der Waals surface area contributed by atoms with Gasteiger partial charge in [-0.3, -0.25) is 14.9 Å². The van der Waals surface area contributed by atoms with Crippen molar-refractivity contribution in [1.29, 1.82) is 0 Å². The van der Waals surface area contributed by atoms with E-state index in [0.717, 1.165) is 12.3 Å². The molecule has 0 aliphatic heterocycles. The van der Waals surface area contributed by atoms with Crippen molar-refractivity contribution in [2.75, 3.05) is 17.3 Å². The number of sulfone groups is 1. The molecule has 0 aliphatic rings. The van der Waals surface area contributed by atoms with Crippen LogP contribution in [0, 0.1) is 10.1 Å². The number of benzene rings is 1. The molecule has 0 aliphatic carbocycles. The minimum atomic E-state index is -3.13. The van der Waals surface area contributed by atoms with Gasteiger partial charge >= 0.3 is 0 Å². The smallest absolute Gasteiger partial charge is 0.294 e. The van der Waals surface area contributed by atoms with Gasteiger partial charge < -0.3 is 5.32 Å². The molecule has 0 radical (unpaired) electrons. The molecule has 1 aromatic carbocycles. The van der Waals surface area contributed by atoms with E-state index in [0.29, 0.717) is 0 Å². The number of amides is 1. The maximum Gasteiger partial charge on any atom is 0.294 e. The monoisotopic (exact) mass is 320 g/mol. The molecule has 0 fully saturated rings. The molecule has 0 aromatic heterocycles. The molecule has 0 bridgehead atoms. The van der Waals surface area contributed by atoms with E-state index in [2.05, 4.69) is 5.32 Å². The van der Waals surface area contributed by atoms with Crippen molar-refractivity contribution in [3.63, 3.8) is 0 Å². The second-order valence-corrected chi connectivity index (χ2v) is 6.90. The van der Waals surface area contributed by atoms with Crippen molar-refractivity contribution >= 4 is 38.7 Å². The number of nitrogens with one attached hydrogen (secondary N) is 1. The van der Waals surface area contributed by atoms with Crippen LogP contribution in [0.25, 0.3) is 0 Å². The predicted molar refractivity (Wildman–Crippen MR) is 75.7 cm³/mol. The normalized spacial score (nSPS) is 11.1. The number of anilines is 1. The molecule has 7 nitrogen and oxygen atoms in total. The Kier molecular flexibility index (Phi) is 5.46. The summed E-state index contributed by atoms with van der Waals surface area (Å²) in [6, 6.07) is 3.88. The zero-order chi connectivity index (χ0) is 15.3. The predicted octanol–water partition coefficient (Wildman–Crippen LogP) is 2.01. The first kappa shape index (κ1) is 16.4. The second kappa shape index (κ2) is 6.67. The molecule has 0 saturated carbocycles. The summed E-state index contributed by atoms with van der Waals surface area (Å²) in [4.78, 5) is 21.8. The van der Waals surface area contributed by atoms with E-state index >= 15 is 0 Å². The number of halogens is 1. The summed E-state index contributed by atoms with van der Waals surface area (Å²) >= 11 is 5.65. The van der Waals surface area contributed by atoms with Crippen molar-refractivity contribution in [2.45, 2.75) is 12.8 Å². The Labute approximate surface area is 121 Å². The Bertz CT molecular complexity index is 630. The third kappa shape index (κ3) is 5.54. The summed E-state index contributed by atoms with van der Waals surface area (Å²) in [7, 11) is -3.13. The lowest BCUT2D eigenvalue weighted by molar-refractivity contribution is -0.383. The lowest BCUT2D eigenvalue weighted by atomic mass is 10.2. The third-order valence-electron chi connectivity index (χ3n) is 2.35. The zero-order valence-electron chi connectivity index (χ0n) is 10.6. The highest BCUT2D eigenvalue weighted by Crippen LogP contribution is 2.27. The quantitative estimate of drug-likeness (QED) is 0.637. The van der Waals surface area contributed by atoms with Gasteiger partial charge in [-0.15, -0.1) is 0 Å². The van der Waals surface area contributed by atoms with Gasteiger partial charge in [0.25, 0.3) is 5.69 Å². The summed E-state index contributed by atoms with van der Waals surface area (Å²) in [5, 5.41) is 13.4. The Morgan fingerprint density at radius 1 is 1.45 bits per heavy atom. The minimum absolute atomic E-state index is 0.0313. The van der Waals surface area contributed by atoms with Crippen LogP contribution in [0.15, 0.2) is 18.2 Å². The van der Waals surface area contributed by atoms with E-state index < -0.39 is 20.7 Å². The third-order valence-corrected chi connectivity index (χ3v) is 3.61. The number of nitro benzene ring substituents is 1. The van der Waals surface area contributed by atoms with E-state index in [1.54, 1.807) is 0 Å². The molecular formula is C11H13ClN2O5S. The van der Waals surface area contributed by atoms with E-state index in [4.69, 9.17) is 11.6 Å². The molecule has 1 amide bonds. The summed E-state index contributed by atoms with van der Waals surface area (Å²) in [6.45, 7) is 0. The molecule has 1 rings (SSSR count). The van der Waals surface area contributed by atoms with E-state index in [9.17, 15) is 23.3 Å². The number of nitrogens with zero attached hydrogens (tertiary/aromatic N) is 1. The molecule has 1 N–H and O–H groups in total. The zero-order valence-corrected chi connectivity index (χ0v) is 12.2. The van der Waals surface area contributed by atoms with Crippen molar-refractivity contribution in [3.05, 3.63) is 33.3 Å². The van der Waals surface area contributed by atoms with Crippen molar-refractivity contribution in [2.24, 2.45) is 0 Å². The fourth-order valence-corrected chi connectivity index (χ4v) is 2.30. The minimum Gasteiger partial charge on any atom is -0.320 e. The van der Waals surface area contributed by atoms with E-state index in [1.165, 1.54) is 12.1 Å². The summed E-state index contributed by atoms with van der Waals surface area (Å²) in [5.41, 5.74) is -0.280. The topological polar surface area (TPSA) is 106 Å². The molecule has 1 aromatic rings. The molecule has 0 unspecified atom stereocenters. The van der Waals surface area contributed by atoms with Crippen LogP contribution in [0.2, 0.25) is 5.02 Å². The van der Waals surface area contributed by atoms with Gasteiger partial charge in [0, 0.05) is 23.8 Å². The molecule has 110 valence electrons. The number of rotatable bonds is 6. The van der Waals surface area contributed by atoms with E-state index in [1.807, 2.05) is 0 Å². The molecule has 0 saturated heterocycles. The van der Waals surface area contributed by atoms with Crippen LogP contribution >= 0.6 is 11.6 Å². The highest BCUT2D eigenvalue weighted by atomic mass is 35.5. The summed E-state index contributed by atoms with van der Waals surface area (Å²) < 4.78 is 21.8. The fraction of sp³-hybridized carbons (Fsp3) is 0.364. The van der Waals surface area contributed by atoms with Crippen LogP contribution in [0.4, 0.5) is 11.4 Å². The van der Waals surface area contributed by atoms with Crippen molar-refractivity contribution in [3.8, 4) is 0 Å². The number of carbonyl (C=O) groups is 1. The van der Waals surface area contributed by atoms with Crippen molar-refractivity contribution in [1.82, 2.24) is 0 Å². The highest BCUT2D eigenvalue weighted by molar-refractivity contribution is 7.90. The van der Waals surface area contributed by atoms with Gasteiger partial charge in [0.2, 0.25) is 5.91 Å². The van der Waals surface area contributed by atoms with Gasteiger partial charge in [-0.05, 0) is 18.6 Å². The van der Waals surface area contributed by atoms with Gasteiger partial charge in [0.05, 0.1) is 10.7 Å². The van der Waals surface area contributed by atoms with Gasteiger partial charge in [-0.1, -0.05) is 11.6 Å². The first-order valence-electron chi connectivity index (χ1n) is 5.60. The molecular weight excluding hydrogens is 308 g/mol. The lowest BCUT2D eigenvalue weighted by Crippen LogP contribution is -2.14. The van der Waals surface area contributed by atoms with Gasteiger partial charge in [-0.2, -0.15) is 0 Å². The SMILES string of the molecule is CS(=O)(=O)CCCC(=O)Nc1ccc(Cl)cc1[N+](=O)[O-]. The van der Waals surface area contributed by atoms with Crippen LogP contribution in [-0.2, 0) is 14.6 Å². The number of nitro groups is 1. The number of carbonyl (C=O) groups excluding carboxylic acids is 1. The van der Waals surface area contributed by atoms with Gasteiger partial charge in [-0.25, -0.2) is 8.42 Å². The number of hydrogen-bond donors (Lipinski definition) is 1. The Balaban J connectivity index is 2.69. The maximum atomic E-state index is 11.6. The molecule has 0 heterocycles.